The van der Waals surface area contributed by atoms with Crippen molar-refractivity contribution in [2.75, 3.05) is 6.79 Å². The molecule has 0 fully saturated rings. The SMILES string of the molecule is C[C@H](NC(=O)CCc1ccc2c(c1)OCO2)c1cn2ncsc2n1. The molecule has 3 aromatic rings. The van der Waals surface area contributed by atoms with Gasteiger partial charge in [-0.15, -0.1) is 0 Å². The lowest BCUT2D eigenvalue weighted by Crippen LogP contribution is -2.27. The Morgan fingerprint density at radius 3 is 3.17 bits per heavy atom. The summed E-state index contributed by atoms with van der Waals surface area (Å²) < 4.78 is 12.4. The maximum absolute atomic E-state index is 12.2. The summed E-state index contributed by atoms with van der Waals surface area (Å²) >= 11 is 1.47. The van der Waals surface area contributed by atoms with E-state index in [0.29, 0.717) is 12.8 Å². The third-order valence-electron chi connectivity index (χ3n) is 3.90. The van der Waals surface area contributed by atoms with Gasteiger partial charge in [-0.2, -0.15) is 5.10 Å². The number of hydrogen-bond acceptors (Lipinski definition) is 6. The van der Waals surface area contributed by atoms with Gasteiger partial charge < -0.3 is 14.8 Å². The van der Waals surface area contributed by atoms with Gasteiger partial charge in [0.1, 0.15) is 5.51 Å². The van der Waals surface area contributed by atoms with Crippen LogP contribution in [0.25, 0.3) is 4.96 Å². The van der Waals surface area contributed by atoms with Gasteiger partial charge in [-0.25, -0.2) is 9.50 Å². The van der Waals surface area contributed by atoms with E-state index in [2.05, 4.69) is 15.4 Å². The first-order valence-corrected chi connectivity index (χ1v) is 8.53. The highest BCUT2D eigenvalue weighted by molar-refractivity contribution is 7.14. The lowest BCUT2D eigenvalue weighted by atomic mass is 10.1. The van der Waals surface area contributed by atoms with Crippen LogP contribution in [0, 0.1) is 0 Å². The zero-order valence-corrected chi connectivity index (χ0v) is 13.9. The van der Waals surface area contributed by atoms with E-state index in [1.807, 2.05) is 31.3 Å². The fourth-order valence-electron chi connectivity index (χ4n) is 2.61. The van der Waals surface area contributed by atoms with Gasteiger partial charge in [0.2, 0.25) is 17.7 Å². The summed E-state index contributed by atoms with van der Waals surface area (Å²) in [6, 6.07) is 5.61. The maximum atomic E-state index is 12.2. The number of ether oxygens (including phenoxy) is 2. The van der Waals surface area contributed by atoms with E-state index in [1.54, 1.807) is 10.0 Å². The Morgan fingerprint density at radius 2 is 2.29 bits per heavy atom. The predicted octanol–water partition coefficient (Wildman–Crippen LogP) is 2.33. The summed E-state index contributed by atoms with van der Waals surface area (Å²) in [5.74, 6) is 1.49. The molecule has 0 spiro atoms. The third-order valence-corrected chi connectivity index (χ3v) is 4.59. The number of rotatable bonds is 5. The third kappa shape index (κ3) is 2.92. The van der Waals surface area contributed by atoms with Crippen molar-refractivity contribution < 1.29 is 14.3 Å². The highest BCUT2D eigenvalue weighted by Gasteiger charge is 2.16. The van der Waals surface area contributed by atoms with Crippen molar-refractivity contribution in [3.63, 3.8) is 0 Å². The minimum atomic E-state index is -0.150. The molecular weight excluding hydrogens is 328 g/mol. The van der Waals surface area contributed by atoms with Crippen LogP contribution in [0.2, 0.25) is 0 Å². The average Bonchev–Trinajstić information content (AvgIpc) is 3.27. The highest BCUT2D eigenvalue weighted by Crippen LogP contribution is 2.32. The number of amides is 1. The first-order valence-electron chi connectivity index (χ1n) is 7.66. The molecule has 1 amide bonds. The monoisotopic (exact) mass is 344 g/mol. The highest BCUT2D eigenvalue weighted by atomic mass is 32.1. The molecule has 0 unspecified atom stereocenters. The first kappa shape index (κ1) is 14.9. The van der Waals surface area contributed by atoms with Crippen molar-refractivity contribution in [2.45, 2.75) is 25.8 Å². The Morgan fingerprint density at radius 1 is 1.42 bits per heavy atom. The molecule has 1 aromatic carbocycles. The number of nitrogens with zero attached hydrogens (tertiary/aromatic N) is 3. The van der Waals surface area contributed by atoms with E-state index in [4.69, 9.17) is 9.47 Å². The lowest BCUT2D eigenvalue weighted by molar-refractivity contribution is -0.121. The molecule has 0 radical (unpaired) electrons. The molecule has 2 aromatic heterocycles. The normalized spacial score (nSPS) is 14.0. The second-order valence-electron chi connectivity index (χ2n) is 5.61. The molecule has 0 bridgehead atoms. The van der Waals surface area contributed by atoms with Gasteiger partial charge in [-0.3, -0.25) is 4.79 Å². The Kier molecular flexibility index (Phi) is 3.81. The van der Waals surface area contributed by atoms with Crippen LogP contribution in [0.3, 0.4) is 0 Å². The second-order valence-corrected chi connectivity index (χ2v) is 6.42. The number of hydrogen-bond donors (Lipinski definition) is 1. The zero-order chi connectivity index (χ0) is 16.5. The molecule has 1 aliphatic heterocycles. The lowest BCUT2D eigenvalue weighted by Gasteiger charge is -2.11. The molecule has 3 heterocycles. The van der Waals surface area contributed by atoms with Crippen LogP contribution in [0.1, 0.15) is 30.6 Å². The van der Waals surface area contributed by atoms with Gasteiger partial charge in [0.25, 0.3) is 0 Å². The minimum Gasteiger partial charge on any atom is -0.454 e. The quantitative estimate of drug-likeness (QED) is 0.769. The van der Waals surface area contributed by atoms with Gasteiger partial charge in [0.15, 0.2) is 11.5 Å². The largest absolute Gasteiger partial charge is 0.454 e. The predicted molar refractivity (Wildman–Crippen MR) is 88.3 cm³/mol. The molecule has 1 aliphatic rings. The van der Waals surface area contributed by atoms with E-state index >= 15 is 0 Å². The number of fused-ring (bicyclic) bond motifs is 2. The molecule has 1 atom stereocenters. The molecule has 0 saturated heterocycles. The minimum absolute atomic E-state index is 0.00974. The van der Waals surface area contributed by atoms with Crippen LogP contribution in [0.4, 0.5) is 0 Å². The number of carbonyl (C=O) groups is 1. The molecule has 124 valence electrons. The molecule has 1 N–H and O–H groups in total. The van der Waals surface area contributed by atoms with Gasteiger partial charge in [-0.1, -0.05) is 17.4 Å². The zero-order valence-electron chi connectivity index (χ0n) is 13.1. The van der Waals surface area contributed by atoms with Gasteiger partial charge >= 0.3 is 0 Å². The van der Waals surface area contributed by atoms with E-state index in [-0.39, 0.29) is 18.7 Å². The smallest absolute Gasteiger partial charge is 0.231 e. The van der Waals surface area contributed by atoms with Gasteiger partial charge in [-0.05, 0) is 31.0 Å². The van der Waals surface area contributed by atoms with E-state index in [1.165, 1.54) is 11.3 Å². The van der Waals surface area contributed by atoms with Crippen LogP contribution < -0.4 is 14.8 Å². The van der Waals surface area contributed by atoms with Crippen LogP contribution in [-0.4, -0.2) is 27.3 Å². The van der Waals surface area contributed by atoms with Crippen molar-refractivity contribution in [3.8, 4) is 11.5 Å². The molecule has 24 heavy (non-hydrogen) atoms. The number of nitrogens with one attached hydrogen (secondary N) is 1. The van der Waals surface area contributed by atoms with Crippen LogP contribution in [-0.2, 0) is 11.2 Å². The fourth-order valence-corrected chi connectivity index (χ4v) is 3.22. The first-order chi connectivity index (χ1) is 11.7. The molecule has 4 rings (SSSR count). The summed E-state index contributed by atoms with van der Waals surface area (Å²) in [5.41, 5.74) is 3.60. The standard InChI is InChI=1S/C16H16N4O3S/c1-10(12-7-20-16(19-12)24-8-17-20)18-15(21)5-3-11-2-4-13-14(6-11)23-9-22-13/h2,4,6-8,10H,3,5,9H2,1H3,(H,18,21)/t10-/m0/s1. The topological polar surface area (TPSA) is 77.8 Å². The van der Waals surface area contributed by atoms with E-state index < -0.39 is 0 Å². The number of aromatic nitrogens is 3. The molecule has 8 heteroatoms. The number of aryl methyl sites for hydroxylation is 1. The molecule has 0 aliphatic carbocycles. The van der Waals surface area contributed by atoms with Crippen molar-refractivity contribution >= 4 is 22.2 Å². The van der Waals surface area contributed by atoms with E-state index in [9.17, 15) is 4.79 Å². The van der Waals surface area contributed by atoms with Crippen molar-refractivity contribution in [1.29, 1.82) is 0 Å². The van der Waals surface area contributed by atoms with Gasteiger partial charge in [0, 0.05) is 6.42 Å². The van der Waals surface area contributed by atoms with Crippen molar-refractivity contribution in [3.05, 3.63) is 41.2 Å². The van der Waals surface area contributed by atoms with Crippen molar-refractivity contribution in [1.82, 2.24) is 19.9 Å². The van der Waals surface area contributed by atoms with Crippen LogP contribution in [0.5, 0.6) is 11.5 Å². The summed E-state index contributed by atoms with van der Waals surface area (Å²) in [5, 5.41) is 7.12. The summed E-state index contributed by atoms with van der Waals surface area (Å²) in [6.07, 6.45) is 2.90. The summed E-state index contributed by atoms with van der Waals surface area (Å²) in [4.78, 5) is 17.5. The number of carbonyl (C=O) groups excluding carboxylic acids is 1. The van der Waals surface area contributed by atoms with Crippen LogP contribution >= 0.6 is 11.3 Å². The van der Waals surface area contributed by atoms with E-state index in [0.717, 1.165) is 27.7 Å². The summed E-state index contributed by atoms with van der Waals surface area (Å²) in [7, 11) is 0. The second kappa shape index (κ2) is 6.12. The summed E-state index contributed by atoms with van der Waals surface area (Å²) in [6.45, 7) is 2.18. The number of imidazole rings is 1. The average molecular weight is 344 g/mol. The maximum Gasteiger partial charge on any atom is 0.231 e. The number of benzene rings is 1. The molecule has 7 nitrogen and oxygen atoms in total. The van der Waals surface area contributed by atoms with Crippen molar-refractivity contribution in [2.24, 2.45) is 0 Å². The Hall–Kier alpha value is -2.61. The Labute approximate surface area is 142 Å². The fraction of sp³-hybridized carbons (Fsp3) is 0.312. The van der Waals surface area contributed by atoms with Gasteiger partial charge in [0.05, 0.1) is 17.9 Å². The Balaban J connectivity index is 1.33. The molecule has 0 saturated carbocycles. The Bertz CT molecular complexity index is 860. The van der Waals surface area contributed by atoms with Crippen LogP contribution in [0.15, 0.2) is 29.9 Å². The molecular formula is C16H16N4O3S.